The number of aromatic hydroxyl groups is 1. The first-order valence-corrected chi connectivity index (χ1v) is 11.1. The molecule has 1 aliphatic heterocycles. The Morgan fingerprint density at radius 1 is 1.00 bits per heavy atom. The number of nitrogens with zero attached hydrogens (tertiary/aromatic N) is 1. The largest absolute Gasteiger partial charge is 0.504 e. The third kappa shape index (κ3) is 4.60. The number of benzene rings is 3. The zero-order valence-electron chi connectivity index (χ0n) is 17.5. The highest BCUT2D eigenvalue weighted by atomic mass is 79.9. The van der Waals surface area contributed by atoms with Crippen LogP contribution in [0.25, 0.3) is 0 Å². The molecule has 5 nitrogen and oxygen atoms in total. The van der Waals surface area contributed by atoms with Gasteiger partial charge in [0.05, 0.1) is 13.7 Å². The summed E-state index contributed by atoms with van der Waals surface area (Å²) in [6, 6.07) is 21.5. The van der Waals surface area contributed by atoms with E-state index in [0.717, 1.165) is 32.6 Å². The lowest BCUT2D eigenvalue weighted by Gasteiger charge is -2.31. The predicted molar refractivity (Wildman–Crippen MR) is 126 cm³/mol. The molecule has 0 amide bonds. The molecular weight excluding hydrogens is 456 g/mol. The smallest absolute Gasteiger partial charge is 0.162 e. The number of hydrogen-bond donors (Lipinski definition) is 2. The number of phenolic OH excluding ortho intramolecular Hbond substituents is 1. The van der Waals surface area contributed by atoms with Crippen molar-refractivity contribution in [1.82, 2.24) is 5.32 Å². The van der Waals surface area contributed by atoms with Crippen LogP contribution in [-0.2, 0) is 0 Å². The maximum absolute atomic E-state index is 10.9. The van der Waals surface area contributed by atoms with Crippen molar-refractivity contribution < 1.29 is 14.6 Å². The molecule has 31 heavy (non-hydrogen) atoms. The average Bonchev–Trinajstić information content (AvgIpc) is 2.80. The molecule has 3 aromatic rings. The van der Waals surface area contributed by atoms with Gasteiger partial charge in [0.25, 0.3) is 0 Å². The first kappa shape index (κ1) is 21.4. The molecule has 0 aliphatic carbocycles. The molecule has 160 valence electrons. The van der Waals surface area contributed by atoms with E-state index in [9.17, 15) is 5.11 Å². The molecule has 1 aliphatic rings. The van der Waals surface area contributed by atoms with Crippen LogP contribution in [-0.4, -0.2) is 24.5 Å². The number of hydrogen-bond acceptors (Lipinski definition) is 5. The van der Waals surface area contributed by atoms with Crippen molar-refractivity contribution in [3.05, 3.63) is 87.9 Å². The second-order valence-electron chi connectivity index (χ2n) is 7.28. The average molecular weight is 481 g/mol. The van der Waals surface area contributed by atoms with Gasteiger partial charge in [0, 0.05) is 33.8 Å². The lowest BCUT2D eigenvalue weighted by atomic mass is 9.93. The van der Waals surface area contributed by atoms with E-state index in [1.807, 2.05) is 55.5 Å². The van der Waals surface area contributed by atoms with Crippen LogP contribution in [0.5, 0.6) is 17.2 Å². The summed E-state index contributed by atoms with van der Waals surface area (Å²) in [7, 11) is 1.66. The standard InChI is InChI=1S/C25H25BrN2O3/c1-3-31-23-10-6-8-18(24(23)29)21-15-20(16-11-13-17(26)14-12-16)27-25(28-21)19-7-4-5-9-22(19)30-2/h4-14,21,25,28-29H,3,15H2,1-2H3/t21-,25-/m0/s1. The maximum Gasteiger partial charge on any atom is 0.162 e. The molecule has 0 fully saturated rings. The summed E-state index contributed by atoms with van der Waals surface area (Å²) in [6.45, 7) is 2.39. The van der Waals surface area contributed by atoms with E-state index in [1.165, 1.54) is 0 Å². The highest BCUT2D eigenvalue weighted by Gasteiger charge is 2.29. The van der Waals surface area contributed by atoms with Crippen molar-refractivity contribution in [3.63, 3.8) is 0 Å². The van der Waals surface area contributed by atoms with Gasteiger partial charge >= 0.3 is 0 Å². The monoisotopic (exact) mass is 480 g/mol. The molecule has 0 bridgehead atoms. The summed E-state index contributed by atoms with van der Waals surface area (Å²) in [4.78, 5) is 5.02. The number of halogens is 1. The van der Waals surface area contributed by atoms with Gasteiger partial charge in [0.2, 0.25) is 0 Å². The number of phenols is 1. The fourth-order valence-corrected chi connectivity index (χ4v) is 4.13. The summed E-state index contributed by atoms with van der Waals surface area (Å²) in [5, 5.41) is 14.5. The summed E-state index contributed by atoms with van der Waals surface area (Å²) in [6.07, 6.45) is 0.319. The molecule has 2 N–H and O–H groups in total. The fourth-order valence-electron chi connectivity index (χ4n) is 3.87. The molecule has 0 saturated carbocycles. The van der Waals surface area contributed by atoms with Crippen LogP contribution in [0.2, 0.25) is 0 Å². The summed E-state index contributed by atoms with van der Waals surface area (Å²) in [5.41, 5.74) is 3.75. The minimum absolute atomic E-state index is 0.147. The highest BCUT2D eigenvalue weighted by molar-refractivity contribution is 9.10. The quantitative estimate of drug-likeness (QED) is 0.468. The van der Waals surface area contributed by atoms with Crippen LogP contribution in [0.3, 0.4) is 0 Å². The van der Waals surface area contributed by atoms with E-state index in [4.69, 9.17) is 14.5 Å². The van der Waals surface area contributed by atoms with Gasteiger partial charge in [-0.15, -0.1) is 0 Å². The Kier molecular flexibility index (Phi) is 6.59. The Bertz CT molecular complexity index is 1080. The first-order valence-electron chi connectivity index (χ1n) is 10.3. The van der Waals surface area contributed by atoms with Gasteiger partial charge in [-0.05, 0) is 36.8 Å². The number of methoxy groups -OCH3 is 1. The van der Waals surface area contributed by atoms with Crippen LogP contribution >= 0.6 is 15.9 Å². The third-order valence-corrected chi connectivity index (χ3v) is 5.89. The minimum Gasteiger partial charge on any atom is -0.504 e. The Hall–Kier alpha value is -2.83. The third-order valence-electron chi connectivity index (χ3n) is 5.36. The molecule has 1 heterocycles. The zero-order valence-corrected chi connectivity index (χ0v) is 19.1. The van der Waals surface area contributed by atoms with E-state index in [2.05, 4.69) is 33.4 Å². The van der Waals surface area contributed by atoms with Crippen molar-refractivity contribution in [1.29, 1.82) is 0 Å². The SMILES string of the molecule is CCOc1cccc([C@@H]2CC(c3ccc(Br)cc3)=N[C@H](c3ccccc3OC)N2)c1O. The van der Waals surface area contributed by atoms with Crippen molar-refractivity contribution in [2.45, 2.75) is 25.6 Å². The fraction of sp³-hybridized carbons (Fsp3) is 0.240. The normalized spacial score (nSPS) is 18.4. The summed E-state index contributed by atoms with van der Waals surface area (Å²) in [5.74, 6) is 1.42. The summed E-state index contributed by atoms with van der Waals surface area (Å²) >= 11 is 3.50. The van der Waals surface area contributed by atoms with Crippen LogP contribution in [0.15, 0.2) is 76.2 Å². The Morgan fingerprint density at radius 3 is 2.45 bits per heavy atom. The van der Waals surface area contributed by atoms with E-state index in [0.29, 0.717) is 18.8 Å². The number of rotatable bonds is 6. The molecule has 0 unspecified atom stereocenters. The maximum atomic E-state index is 10.9. The lowest BCUT2D eigenvalue weighted by molar-refractivity contribution is 0.313. The van der Waals surface area contributed by atoms with Gasteiger partial charge in [-0.25, -0.2) is 0 Å². The van der Waals surface area contributed by atoms with Gasteiger partial charge in [-0.3, -0.25) is 10.3 Å². The second kappa shape index (κ2) is 9.54. The van der Waals surface area contributed by atoms with E-state index < -0.39 is 0 Å². The molecule has 0 saturated heterocycles. The van der Waals surface area contributed by atoms with Gasteiger partial charge in [-0.1, -0.05) is 58.4 Å². The molecule has 0 spiro atoms. The van der Waals surface area contributed by atoms with Crippen molar-refractivity contribution >= 4 is 21.6 Å². The lowest BCUT2D eigenvalue weighted by Crippen LogP contribution is -2.33. The predicted octanol–water partition coefficient (Wildman–Crippen LogP) is 5.78. The van der Waals surface area contributed by atoms with E-state index in [-0.39, 0.29) is 18.0 Å². The molecule has 0 aromatic heterocycles. The van der Waals surface area contributed by atoms with Crippen LogP contribution in [0, 0.1) is 0 Å². The molecule has 0 radical (unpaired) electrons. The zero-order chi connectivity index (χ0) is 21.8. The van der Waals surface area contributed by atoms with E-state index in [1.54, 1.807) is 13.2 Å². The molecule has 6 heteroatoms. The molecule has 3 aromatic carbocycles. The molecule has 4 rings (SSSR count). The van der Waals surface area contributed by atoms with Gasteiger partial charge in [0.1, 0.15) is 11.9 Å². The number of aliphatic imine (C=N–C) groups is 1. The minimum atomic E-state index is -0.316. The van der Waals surface area contributed by atoms with E-state index >= 15 is 0 Å². The van der Waals surface area contributed by atoms with Crippen LogP contribution in [0.4, 0.5) is 0 Å². The van der Waals surface area contributed by atoms with Crippen LogP contribution in [0.1, 0.15) is 42.2 Å². The van der Waals surface area contributed by atoms with Crippen LogP contribution < -0.4 is 14.8 Å². The highest BCUT2D eigenvalue weighted by Crippen LogP contribution is 2.40. The van der Waals surface area contributed by atoms with Gasteiger partial charge in [-0.2, -0.15) is 0 Å². The number of ether oxygens (including phenoxy) is 2. The summed E-state index contributed by atoms with van der Waals surface area (Å²) < 4.78 is 12.2. The molecule has 2 atom stereocenters. The van der Waals surface area contributed by atoms with Crippen molar-refractivity contribution in [2.75, 3.05) is 13.7 Å². The number of para-hydroxylation sites is 2. The Balaban J connectivity index is 1.78. The molecular formula is C25H25BrN2O3. The Morgan fingerprint density at radius 2 is 1.71 bits per heavy atom. The second-order valence-corrected chi connectivity index (χ2v) is 8.19. The van der Waals surface area contributed by atoms with Crippen molar-refractivity contribution in [3.8, 4) is 17.2 Å². The van der Waals surface area contributed by atoms with Crippen molar-refractivity contribution in [2.24, 2.45) is 4.99 Å². The topological polar surface area (TPSA) is 63.1 Å². The van der Waals surface area contributed by atoms with Gasteiger partial charge in [0.15, 0.2) is 11.5 Å². The first-order chi connectivity index (χ1) is 15.1. The number of nitrogens with one attached hydrogen (secondary N) is 1. The van der Waals surface area contributed by atoms with Gasteiger partial charge < -0.3 is 14.6 Å². The Labute approximate surface area is 190 Å².